The molecular formula is C16H18F2N4O2. The van der Waals surface area contributed by atoms with Crippen molar-refractivity contribution in [2.24, 2.45) is 18.9 Å². The minimum absolute atomic E-state index is 0.0145. The molecule has 24 heavy (non-hydrogen) atoms. The summed E-state index contributed by atoms with van der Waals surface area (Å²) in [5.74, 6) is -1.07. The highest BCUT2D eigenvalue weighted by atomic mass is 19.1. The molecule has 1 aliphatic rings. The lowest BCUT2D eigenvalue weighted by Gasteiger charge is -2.17. The summed E-state index contributed by atoms with van der Waals surface area (Å²) in [6.45, 7) is 0.318. The Kier molecular flexibility index (Phi) is 4.46. The molecule has 1 amide bonds. The number of hydrogen-bond acceptors (Lipinski definition) is 3. The fourth-order valence-electron chi connectivity index (χ4n) is 2.77. The molecule has 1 saturated carbocycles. The van der Waals surface area contributed by atoms with Crippen molar-refractivity contribution in [3.8, 4) is 0 Å². The van der Waals surface area contributed by atoms with Gasteiger partial charge in [-0.1, -0.05) is 0 Å². The third-order valence-corrected chi connectivity index (χ3v) is 4.29. The number of aryl methyl sites for hydroxylation is 1. The van der Waals surface area contributed by atoms with Crippen molar-refractivity contribution in [3.05, 3.63) is 51.7 Å². The van der Waals surface area contributed by atoms with Gasteiger partial charge in [-0.05, 0) is 54.9 Å². The average Bonchev–Trinajstić information content (AvgIpc) is 3.33. The molecule has 0 saturated heterocycles. The van der Waals surface area contributed by atoms with E-state index in [2.05, 4.69) is 15.4 Å². The van der Waals surface area contributed by atoms with E-state index in [-0.39, 0.29) is 11.7 Å². The number of hydrogen-bond donors (Lipinski definition) is 2. The SMILES string of the molecule is Cn1nc(C(=O)NCC(Cc2cc(F)ccc2F)C2CC2)[nH]c1=O. The van der Waals surface area contributed by atoms with Crippen molar-refractivity contribution in [2.75, 3.05) is 6.54 Å². The Morgan fingerprint density at radius 3 is 2.83 bits per heavy atom. The molecule has 2 N–H and O–H groups in total. The predicted octanol–water partition coefficient (Wildman–Crippen LogP) is 1.39. The molecular weight excluding hydrogens is 318 g/mol. The molecule has 1 unspecified atom stereocenters. The van der Waals surface area contributed by atoms with Gasteiger partial charge in [0.1, 0.15) is 11.6 Å². The number of rotatable bonds is 6. The molecule has 1 fully saturated rings. The molecule has 3 rings (SSSR count). The summed E-state index contributed by atoms with van der Waals surface area (Å²) in [6.07, 6.45) is 2.38. The number of nitrogens with zero attached hydrogens (tertiary/aromatic N) is 2. The number of H-pyrrole nitrogens is 1. The van der Waals surface area contributed by atoms with E-state index < -0.39 is 23.2 Å². The van der Waals surface area contributed by atoms with Crippen molar-refractivity contribution in [2.45, 2.75) is 19.3 Å². The van der Waals surface area contributed by atoms with Gasteiger partial charge < -0.3 is 5.32 Å². The number of aromatic amines is 1. The summed E-state index contributed by atoms with van der Waals surface area (Å²) in [4.78, 5) is 25.7. The Bertz CT molecular complexity index is 811. The zero-order chi connectivity index (χ0) is 17.3. The number of carbonyl (C=O) groups is 1. The molecule has 2 aromatic rings. The monoisotopic (exact) mass is 336 g/mol. The van der Waals surface area contributed by atoms with E-state index in [9.17, 15) is 18.4 Å². The zero-order valence-corrected chi connectivity index (χ0v) is 13.2. The smallest absolute Gasteiger partial charge is 0.343 e. The van der Waals surface area contributed by atoms with E-state index in [1.165, 1.54) is 13.1 Å². The van der Waals surface area contributed by atoms with Crippen LogP contribution in [-0.2, 0) is 13.5 Å². The molecule has 0 radical (unpaired) electrons. The topological polar surface area (TPSA) is 79.8 Å². The van der Waals surface area contributed by atoms with Crippen LogP contribution in [0.3, 0.4) is 0 Å². The first-order valence-electron chi connectivity index (χ1n) is 7.79. The lowest BCUT2D eigenvalue weighted by atomic mass is 9.94. The number of nitrogens with one attached hydrogen (secondary N) is 2. The highest BCUT2D eigenvalue weighted by molar-refractivity contribution is 5.90. The van der Waals surface area contributed by atoms with Crippen LogP contribution in [0.4, 0.5) is 8.78 Å². The van der Waals surface area contributed by atoms with Crippen molar-refractivity contribution >= 4 is 5.91 Å². The standard InChI is InChI=1S/C16H18F2N4O2/c1-22-16(24)20-14(21-22)15(23)19-8-11(9-2-3-9)6-10-7-12(17)4-5-13(10)18/h4-5,7,9,11H,2-3,6,8H2,1H3,(H,19,23)(H,20,21,24). The first-order valence-corrected chi connectivity index (χ1v) is 7.79. The van der Waals surface area contributed by atoms with Gasteiger partial charge >= 0.3 is 5.69 Å². The van der Waals surface area contributed by atoms with Crippen LogP contribution < -0.4 is 11.0 Å². The van der Waals surface area contributed by atoms with Crippen LogP contribution in [-0.4, -0.2) is 27.2 Å². The second-order valence-corrected chi connectivity index (χ2v) is 6.15. The molecule has 6 nitrogen and oxygen atoms in total. The summed E-state index contributed by atoms with van der Waals surface area (Å²) in [5, 5.41) is 6.50. The maximum absolute atomic E-state index is 13.8. The van der Waals surface area contributed by atoms with E-state index in [4.69, 9.17) is 0 Å². The Labute approximate surface area is 136 Å². The van der Waals surface area contributed by atoms with E-state index >= 15 is 0 Å². The van der Waals surface area contributed by atoms with Crippen LogP contribution in [0.25, 0.3) is 0 Å². The lowest BCUT2D eigenvalue weighted by molar-refractivity contribution is 0.0934. The third kappa shape index (κ3) is 3.69. The van der Waals surface area contributed by atoms with Crippen molar-refractivity contribution in [3.63, 3.8) is 0 Å². The summed E-state index contributed by atoms with van der Waals surface area (Å²) in [7, 11) is 1.44. The third-order valence-electron chi connectivity index (χ3n) is 4.29. The van der Waals surface area contributed by atoms with Gasteiger partial charge in [-0.25, -0.2) is 18.3 Å². The summed E-state index contributed by atoms with van der Waals surface area (Å²) >= 11 is 0. The first-order chi connectivity index (χ1) is 11.4. The summed E-state index contributed by atoms with van der Waals surface area (Å²) in [6, 6.07) is 3.40. The summed E-state index contributed by atoms with van der Waals surface area (Å²) in [5.41, 5.74) is -0.159. The average molecular weight is 336 g/mol. The second kappa shape index (κ2) is 6.54. The number of carbonyl (C=O) groups excluding carboxylic acids is 1. The first kappa shape index (κ1) is 16.4. The van der Waals surface area contributed by atoms with E-state index in [0.717, 1.165) is 29.7 Å². The molecule has 1 atom stereocenters. The van der Waals surface area contributed by atoms with Gasteiger partial charge in [0, 0.05) is 13.6 Å². The molecule has 0 spiro atoms. The maximum atomic E-state index is 13.8. The minimum atomic E-state index is -0.488. The Hall–Kier alpha value is -2.51. The van der Waals surface area contributed by atoms with Crippen molar-refractivity contribution in [1.82, 2.24) is 20.1 Å². The fourth-order valence-corrected chi connectivity index (χ4v) is 2.77. The zero-order valence-electron chi connectivity index (χ0n) is 13.2. The van der Waals surface area contributed by atoms with Crippen LogP contribution in [0.2, 0.25) is 0 Å². The van der Waals surface area contributed by atoms with Crippen LogP contribution in [0.15, 0.2) is 23.0 Å². The minimum Gasteiger partial charge on any atom is -0.349 e. The van der Waals surface area contributed by atoms with Gasteiger partial charge in [0.2, 0.25) is 5.82 Å². The molecule has 1 aliphatic carbocycles. The number of amides is 1. The Morgan fingerprint density at radius 1 is 1.46 bits per heavy atom. The van der Waals surface area contributed by atoms with Crippen LogP contribution in [0.5, 0.6) is 0 Å². The summed E-state index contributed by atoms with van der Waals surface area (Å²) < 4.78 is 28.2. The van der Waals surface area contributed by atoms with Gasteiger partial charge in [-0.3, -0.25) is 9.78 Å². The Balaban J connectivity index is 1.65. The second-order valence-electron chi connectivity index (χ2n) is 6.15. The molecule has 8 heteroatoms. The molecule has 1 aromatic carbocycles. The van der Waals surface area contributed by atoms with Crippen LogP contribution >= 0.6 is 0 Å². The van der Waals surface area contributed by atoms with Gasteiger partial charge in [0.25, 0.3) is 5.91 Å². The highest BCUT2D eigenvalue weighted by Crippen LogP contribution is 2.38. The molecule has 1 aromatic heterocycles. The quantitative estimate of drug-likeness (QED) is 0.836. The van der Waals surface area contributed by atoms with Crippen LogP contribution in [0.1, 0.15) is 29.0 Å². The van der Waals surface area contributed by atoms with Gasteiger partial charge in [-0.2, -0.15) is 0 Å². The molecule has 128 valence electrons. The highest BCUT2D eigenvalue weighted by Gasteiger charge is 2.32. The number of aromatic nitrogens is 3. The Morgan fingerprint density at radius 2 is 2.21 bits per heavy atom. The fraction of sp³-hybridized carbons (Fsp3) is 0.438. The number of benzene rings is 1. The van der Waals surface area contributed by atoms with Crippen molar-refractivity contribution < 1.29 is 13.6 Å². The van der Waals surface area contributed by atoms with E-state index in [1.807, 2.05) is 0 Å². The van der Waals surface area contributed by atoms with Crippen LogP contribution in [0, 0.1) is 23.5 Å². The number of halogens is 2. The van der Waals surface area contributed by atoms with Gasteiger partial charge in [0.05, 0.1) is 0 Å². The van der Waals surface area contributed by atoms with Crippen molar-refractivity contribution in [1.29, 1.82) is 0 Å². The maximum Gasteiger partial charge on any atom is 0.343 e. The van der Waals surface area contributed by atoms with E-state index in [0.29, 0.717) is 24.4 Å². The molecule has 1 heterocycles. The molecule has 0 aliphatic heterocycles. The lowest BCUT2D eigenvalue weighted by Crippen LogP contribution is -2.32. The van der Waals surface area contributed by atoms with Gasteiger partial charge in [0.15, 0.2) is 0 Å². The molecule has 0 bridgehead atoms. The van der Waals surface area contributed by atoms with E-state index in [1.54, 1.807) is 0 Å². The van der Waals surface area contributed by atoms with Gasteiger partial charge in [-0.15, -0.1) is 5.10 Å². The normalized spacial score (nSPS) is 15.3. The predicted molar refractivity (Wildman–Crippen MR) is 82.4 cm³/mol. The largest absolute Gasteiger partial charge is 0.349 e.